The van der Waals surface area contributed by atoms with Crippen molar-refractivity contribution >= 4 is 115 Å². The third kappa shape index (κ3) is 20.9. The molecule has 3 saturated carbocycles. The van der Waals surface area contributed by atoms with Crippen LogP contribution in [0.2, 0.25) is 20.1 Å². The smallest absolute Gasteiger partial charge is 0.282 e. The van der Waals surface area contributed by atoms with Gasteiger partial charge >= 0.3 is 0 Å². The number of imidazole rings is 4. The summed E-state index contributed by atoms with van der Waals surface area (Å²) in [4.78, 5) is 110. The number of piperazine rings is 4. The van der Waals surface area contributed by atoms with E-state index in [9.17, 15) is 19.2 Å². The predicted octanol–water partition coefficient (Wildman–Crippen LogP) is 18.6. The molecule has 0 bridgehead atoms. The molecule has 692 valence electrons. The summed E-state index contributed by atoms with van der Waals surface area (Å²) in [6.45, 7) is 15.0. The SMILES string of the molecule is O=C(c1ccncc1)N1CCN(Cc2c(-c3ccc(Cl)cc3)nc3cnc(C4CC4)cn23)CC1.O=C(c1ccnnc1)N1CCN(Cc2c(-c3ccc(Cl)cc3)nc3ccc(C4CC4)cn23)CC1.O=C(c1cscn1)N1CCN(Cc2c(-c3ccc(Cl)cc3)nc3cnc(C4CC4)cn23)CC1.O=C(c1nccs1)N1CCN(Cc2c(-c3ccc(Cl)cc3)nc3ccc(-c4ccccc4)cn23)CC1. The fourth-order valence-electron chi connectivity index (χ4n) is 18.3. The van der Waals surface area contributed by atoms with Gasteiger partial charge in [-0.25, -0.2) is 29.9 Å². The molecular formula is C104H97Cl4N23O4S2. The Labute approximate surface area is 819 Å². The summed E-state index contributed by atoms with van der Waals surface area (Å²) in [5, 5.41) is 14.7. The number of nitrogens with zero attached hydrogens (tertiary/aromatic N) is 23. The van der Waals surface area contributed by atoms with Crippen LogP contribution < -0.4 is 0 Å². The normalized spacial score (nSPS) is 16.2. The standard InChI is InChI=1S/C28H24ClN5OS.2C26H25ClN6O.C24H23ClN6OS/c29-23-9-6-21(7-10-23)26-24(19-32-13-15-33(16-14-32)28(35)27-30-12-17-36-27)34-18-22(8-11-25(34)31-26)20-4-2-1-3-5-20;27-22-6-3-19(4-7-22)25-23(33-16-21(18-1-2-18)5-8-24(33)30-25)17-31-11-13-32(14-12-31)26(34)20-9-10-28-29-15-20;27-21-5-3-19(4-6-21)25-23(33-16-22(18-1-2-18)29-15-24(33)30-25)17-31-11-13-32(14-12-31)26(34)20-7-9-28-10-8-20;25-18-5-3-17(4-6-18)23-21(31-12-19(16-1-2-16)26-11-22(31)28-23)13-29-7-9-30(10-8-29)24(32)20-14-33-15-27-20/h1-12,17-18H,13-16,19H2;2*3-10,15-16,18H,1-2,11-14,17H2;3-6,11-12,14-16H,1-2,7-10,13H2. The van der Waals surface area contributed by atoms with E-state index in [0.29, 0.717) is 107 Å². The first kappa shape index (κ1) is 90.6. The van der Waals surface area contributed by atoms with E-state index in [-0.39, 0.29) is 23.6 Å². The number of halogens is 4. The Morgan fingerprint density at radius 3 is 1.13 bits per heavy atom. The van der Waals surface area contributed by atoms with Crippen molar-refractivity contribution in [1.29, 1.82) is 0 Å². The van der Waals surface area contributed by atoms with Gasteiger partial charge in [0.05, 0.1) is 92.8 Å². The van der Waals surface area contributed by atoms with Crippen molar-refractivity contribution in [2.24, 2.45) is 0 Å². The Bertz CT molecular complexity index is 6930. The molecule has 0 N–H and O–H groups in total. The van der Waals surface area contributed by atoms with Crippen molar-refractivity contribution < 1.29 is 19.2 Å². The lowest BCUT2D eigenvalue weighted by molar-refractivity contribution is 0.0616. The molecule has 0 spiro atoms. The number of thiazole rings is 2. The first-order chi connectivity index (χ1) is 67.1. The molecule has 0 atom stereocenters. The lowest BCUT2D eigenvalue weighted by Crippen LogP contribution is -2.48. The molecule has 7 aliphatic rings. The zero-order chi connectivity index (χ0) is 93.0. The van der Waals surface area contributed by atoms with Gasteiger partial charge in [0.1, 0.15) is 17.0 Å². The fourth-order valence-corrected chi connectivity index (χ4v) is 20.0. The quantitative estimate of drug-likeness (QED) is 0.0687. The Balaban J connectivity index is 0.000000109. The Morgan fingerprint density at radius 2 is 0.723 bits per heavy atom. The van der Waals surface area contributed by atoms with E-state index in [1.807, 2.05) is 146 Å². The van der Waals surface area contributed by atoms with Crippen LogP contribution in [0.1, 0.15) is 137 Å². The van der Waals surface area contributed by atoms with Gasteiger partial charge in [-0.3, -0.25) is 62.5 Å². The van der Waals surface area contributed by atoms with E-state index in [1.165, 1.54) is 84.2 Å². The maximum absolute atomic E-state index is 12.8. The van der Waals surface area contributed by atoms with Gasteiger partial charge in [0, 0.05) is 245 Å². The lowest BCUT2D eigenvalue weighted by atomic mass is 10.1. The molecule has 137 heavy (non-hydrogen) atoms. The van der Waals surface area contributed by atoms with Crippen molar-refractivity contribution in [3.8, 4) is 56.2 Å². The van der Waals surface area contributed by atoms with Crippen LogP contribution in [0.4, 0.5) is 0 Å². The maximum Gasteiger partial charge on any atom is 0.282 e. The number of fused-ring (bicyclic) bond motifs is 4. The second kappa shape index (κ2) is 40.8. The third-order valence-corrected chi connectivity index (χ3v) is 28.8. The van der Waals surface area contributed by atoms with E-state index in [2.05, 4.69) is 146 Å². The number of hydrogen-bond acceptors (Lipinski definition) is 21. The lowest BCUT2D eigenvalue weighted by Gasteiger charge is -2.34. The average Bonchev–Trinajstić information content (AvgIpc) is 1.62. The third-order valence-electron chi connectivity index (χ3n) is 26.5. The van der Waals surface area contributed by atoms with Crippen LogP contribution in [0.15, 0.2) is 254 Å². The maximum atomic E-state index is 12.8. The summed E-state index contributed by atoms with van der Waals surface area (Å²) in [6, 6.07) is 55.7. The molecule has 7 fully saturated rings. The summed E-state index contributed by atoms with van der Waals surface area (Å²) in [7, 11) is 0. The second-order valence-electron chi connectivity index (χ2n) is 35.6. The van der Waals surface area contributed by atoms with Crippen molar-refractivity contribution in [3.05, 3.63) is 336 Å². The minimum absolute atomic E-state index is 0.0141. The van der Waals surface area contributed by atoms with Gasteiger partial charge in [0.25, 0.3) is 23.6 Å². The molecule has 5 aromatic carbocycles. The summed E-state index contributed by atoms with van der Waals surface area (Å²) in [6.07, 6.45) is 28.0. The minimum Gasteiger partial charge on any atom is -0.336 e. The molecule has 27 nitrogen and oxygen atoms in total. The van der Waals surface area contributed by atoms with Gasteiger partial charge in [0.15, 0.2) is 16.3 Å². The van der Waals surface area contributed by atoms with Crippen molar-refractivity contribution in [2.75, 3.05) is 105 Å². The largest absolute Gasteiger partial charge is 0.336 e. The minimum atomic E-state index is 0.0141. The number of carbonyl (C=O) groups is 4. The summed E-state index contributed by atoms with van der Waals surface area (Å²) < 4.78 is 8.88. The number of carbonyl (C=O) groups excluding carboxylic acids is 4. The topological polar surface area (TPSA) is 254 Å². The predicted molar refractivity (Wildman–Crippen MR) is 535 cm³/mol. The Morgan fingerprint density at radius 1 is 0.328 bits per heavy atom. The highest BCUT2D eigenvalue weighted by molar-refractivity contribution is 7.11. The number of hydrogen-bond donors (Lipinski definition) is 0. The van der Waals surface area contributed by atoms with Crippen molar-refractivity contribution in [1.82, 2.24) is 112 Å². The van der Waals surface area contributed by atoms with Gasteiger partial charge < -0.3 is 28.4 Å². The van der Waals surface area contributed by atoms with Crippen LogP contribution in [0.5, 0.6) is 0 Å². The first-order valence-electron chi connectivity index (χ1n) is 46.5. The van der Waals surface area contributed by atoms with Crippen LogP contribution in [-0.4, -0.2) is 240 Å². The molecule has 33 heteroatoms. The monoisotopic (exact) mass is 1940 g/mol. The molecule has 4 saturated heterocycles. The van der Waals surface area contributed by atoms with Crippen LogP contribution in [0.25, 0.3) is 78.7 Å². The van der Waals surface area contributed by atoms with E-state index in [4.69, 9.17) is 66.3 Å². The van der Waals surface area contributed by atoms with Crippen LogP contribution in [0.3, 0.4) is 0 Å². The van der Waals surface area contributed by atoms with Crippen LogP contribution >= 0.6 is 69.1 Å². The molecule has 17 aromatic rings. The van der Waals surface area contributed by atoms with Crippen molar-refractivity contribution in [2.45, 2.75) is 82.5 Å². The average molecular weight is 1940 g/mol. The summed E-state index contributed by atoms with van der Waals surface area (Å²) in [5.74, 6) is 1.95. The van der Waals surface area contributed by atoms with Gasteiger partial charge in [-0.1, -0.05) is 131 Å². The molecular weight excluding hydrogens is 1840 g/mol. The molecule has 4 aliphatic heterocycles. The molecule has 12 aromatic heterocycles. The zero-order valence-electron chi connectivity index (χ0n) is 75.1. The number of rotatable bonds is 20. The Hall–Kier alpha value is -12.9. The highest BCUT2D eigenvalue weighted by Gasteiger charge is 2.34. The summed E-state index contributed by atoms with van der Waals surface area (Å²) in [5.41, 5.74) is 25.8. The molecule has 3 aliphatic carbocycles. The molecule has 0 radical (unpaired) electrons. The number of aromatic nitrogens is 15. The van der Waals surface area contributed by atoms with E-state index >= 15 is 0 Å². The van der Waals surface area contributed by atoms with Crippen molar-refractivity contribution in [3.63, 3.8) is 0 Å². The summed E-state index contributed by atoms with van der Waals surface area (Å²) >= 11 is 27.4. The Kier molecular flexibility index (Phi) is 27.0. The zero-order valence-corrected chi connectivity index (χ0v) is 79.8. The van der Waals surface area contributed by atoms with Gasteiger partial charge in [0.2, 0.25) is 0 Å². The highest BCUT2D eigenvalue weighted by atomic mass is 35.5. The number of amides is 4. The van der Waals surface area contributed by atoms with Gasteiger partial charge in [-0.15, -0.1) is 22.7 Å². The van der Waals surface area contributed by atoms with E-state index < -0.39 is 0 Å². The van der Waals surface area contributed by atoms with Crippen LogP contribution in [0, 0.1) is 0 Å². The molecule has 0 unspecified atom stereocenters. The number of pyridine rings is 3. The molecule has 24 rings (SSSR count). The van der Waals surface area contributed by atoms with E-state index in [0.717, 1.165) is 185 Å². The van der Waals surface area contributed by atoms with Crippen LogP contribution in [-0.2, 0) is 26.2 Å². The molecule has 4 amide bonds. The first-order valence-corrected chi connectivity index (χ1v) is 49.8. The fraction of sp³-hybridized carbons (Fsp3) is 0.279. The van der Waals surface area contributed by atoms with Gasteiger partial charge in [-0.2, -0.15) is 10.2 Å². The van der Waals surface area contributed by atoms with Gasteiger partial charge in [-0.05, 0) is 146 Å². The molecule has 16 heterocycles. The van der Waals surface area contributed by atoms with E-state index in [1.54, 1.807) is 48.5 Å². The number of benzene rings is 5. The second-order valence-corrected chi connectivity index (χ2v) is 39.0. The highest BCUT2D eigenvalue weighted by Crippen LogP contribution is 2.43.